The van der Waals surface area contributed by atoms with Gasteiger partial charge in [0.2, 0.25) is 0 Å². The Morgan fingerprint density at radius 2 is 1.84 bits per heavy atom. The van der Waals surface area contributed by atoms with Gasteiger partial charge < -0.3 is 15.4 Å². The van der Waals surface area contributed by atoms with Gasteiger partial charge in [-0.3, -0.25) is 4.90 Å². The molecule has 2 amide bonds. The van der Waals surface area contributed by atoms with Gasteiger partial charge in [0.1, 0.15) is 5.82 Å². The molecule has 0 unspecified atom stereocenters. The van der Waals surface area contributed by atoms with E-state index < -0.39 is 0 Å². The molecule has 1 heterocycles. The lowest BCUT2D eigenvalue weighted by atomic mass is 9.96. The molecule has 6 heteroatoms. The number of ether oxygens (including phenoxy) is 1. The van der Waals surface area contributed by atoms with E-state index in [2.05, 4.69) is 15.5 Å². The van der Waals surface area contributed by atoms with Gasteiger partial charge in [0.25, 0.3) is 0 Å². The number of hydrogen-bond donors (Lipinski definition) is 2. The predicted octanol–water partition coefficient (Wildman–Crippen LogP) is 2.83. The molecular formula is C19H28FN3O2. The number of rotatable bonds is 5. The zero-order chi connectivity index (χ0) is 17.5. The third kappa shape index (κ3) is 5.41. The van der Waals surface area contributed by atoms with Crippen LogP contribution in [0, 0.1) is 5.82 Å². The lowest BCUT2D eigenvalue weighted by molar-refractivity contribution is 0.0166. The summed E-state index contributed by atoms with van der Waals surface area (Å²) in [6.45, 7) is 3.50. The molecule has 1 aromatic rings. The second-order valence-corrected chi connectivity index (χ2v) is 6.90. The molecule has 2 fully saturated rings. The summed E-state index contributed by atoms with van der Waals surface area (Å²) in [7, 11) is 0. The summed E-state index contributed by atoms with van der Waals surface area (Å²) in [5, 5.41) is 6.10. The Labute approximate surface area is 148 Å². The van der Waals surface area contributed by atoms with Gasteiger partial charge in [0.15, 0.2) is 0 Å². The molecule has 1 saturated heterocycles. The number of carbonyl (C=O) groups is 1. The van der Waals surface area contributed by atoms with Crippen molar-refractivity contribution in [3.8, 4) is 0 Å². The molecule has 0 bridgehead atoms. The van der Waals surface area contributed by atoms with Crippen LogP contribution in [-0.2, 0) is 4.74 Å². The van der Waals surface area contributed by atoms with Gasteiger partial charge in [-0.1, -0.05) is 31.4 Å². The number of hydrogen-bond acceptors (Lipinski definition) is 3. The Kier molecular flexibility index (Phi) is 6.64. The minimum atomic E-state index is -0.243. The minimum Gasteiger partial charge on any atom is -0.379 e. The molecule has 0 aromatic heterocycles. The maximum Gasteiger partial charge on any atom is 0.315 e. The summed E-state index contributed by atoms with van der Waals surface area (Å²) < 4.78 is 18.7. The fourth-order valence-corrected chi connectivity index (χ4v) is 3.70. The maximum atomic E-state index is 13.3. The van der Waals surface area contributed by atoms with E-state index in [1.807, 2.05) is 0 Å². The first-order valence-electron chi connectivity index (χ1n) is 9.34. The average Bonchev–Trinajstić information content (AvgIpc) is 2.65. The highest BCUT2D eigenvalue weighted by Gasteiger charge is 2.24. The Bertz CT molecular complexity index is 540. The van der Waals surface area contributed by atoms with Crippen molar-refractivity contribution >= 4 is 6.03 Å². The van der Waals surface area contributed by atoms with Crippen LogP contribution < -0.4 is 10.6 Å². The molecule has 1 saturated carbocycles. The number of morpholine rings is 1. The van der Waals surface area contributed by atoms with E-state index in [0.29, 0.717) is 25.8 Å². The molecule has 3 rings (SSSR count). The van der Waals surface area contributed by atoms with Crippen LogP contribution in [0.1, 0.15) is 43.7 Å². The zero-order valence-electron chi connectivity index (χ0n) is 14.7. The molecule has 0 spiro atoms. The topological polar surface area (TPSA) is 53.6 Å². The van der Waals surface area contributed by atoms with Gasteiger partial charge in [0.05, 0.1) is 19.3 Å². The SMILES string of the molecule is O=C(NC[C@H](c1ccc(F)cc1)N1CCOCC1)NC1CCCCC1. The van der Waals surface area contributed by atoms with Crippen LogP contribution in [0.5, 0.6) is 0 Å². The first-order valence-corrected chi connectivity index (χ1v) is 9.34. The van der Waals surface area contributed by atoms with Gasteiger partial charge in [-0.2, -0.15) is 0 Å². The van der Waals surface area contributed by atoms with Crippen LogP contribution in [0.4, 0.5) is 9.18 Å². The van der Waals surface area contributed by atoms with Crippen molar-refractivity contribution in [3.05, 3.63) is 35.6 Å². The molecule has 1 aromatic carbocycles. The van der Waals surface area contributed by atoms with E-state index >= 15 is 0 Å². The largest absolute Gasteiger partial charge is 0.379 e. The molecule has 138 valence electrons. The van der Waals surface area contributed by atoms with Crippen molar-refractivity contribution in [1.82, 2.24) is 15.5 Å². The van der Waals surface area contributed by atoms with Crippen molar-refractivity contribution < 1.29 is 13.9 Å². The highest BCUT2D eigenvalue weighted by molar-refractivity contribution is 5.74. The first kappa shape index (κ1) is 18.1. The zero-order valence-corrected chi connectivity index (χ0v) is 14.7. The molecule has 2 N–H and O–H groups in total. The smallest absolute Gasteiger partial charge is 0.315 e. The third-order valence-corrected chi connectivity index (χ3v) is 5.14. The molecular weight excluding hydrogens is 321 g/mol. The number of amides is 2. The minimum absolute atomic E-state index is 0.0293. The van der Waals surface area contributed by atoms with Crippen LogP contribution in [0.3, 0.4) is 0 Å². The van der Waals surface area contributed by atoms with Gasteiger partial charge >= 0.3 is 6.03 Å². The van der Waals surface area contributed by atoms with Crippen molar-refractivity contribution in [2.24, 2.45) is 0 Å². The number of benzene rings is 1. The number of halogens is 1. The number of carbonyl (C=O) groups excluding carboxylic acids is 1. The van der Waals surface area contributed by atoms with Gasteiger partial charge in [-0.25, -0.2) is 9.18 Å². The Hall–Kier alpha value is -1.66. The van der Waals surface area contributed by atoms with E-state index in [0.717, 1.165) is 31.5 Å². The summed E-state index contributed by atoms with van der Waals surface area (Å²) in [6, 6.07) is 6.78. The van der Waals surface area contributed by atoms with Gasteiger partial charge in [-0.15, -0.1) is 0 Å². The monoisotopic (exact) mass is 349 g/mol. The van der Waals surface area contributed by atoms with Crippen molar-refractivity contribution in [2.75, 3.05) is 32.8 Å². The Morgan fingerprint density at radius 3 is 2.52 bits per heavy atom. The summed E-state index contributed by atoms with van der Waals surface area (Å²) in [5.74, 6) is -0.243. The molecule has 25 heavy (non-hydrogen) atoms. The fraction of sp³-hybridized carbons (Fsp3) is 0.632. The molecule has 0 radical (unpaired) electrons. The van der Waals surface area contributed by atoms with Crippen LogP contribution in [-0.4, -0.2) is 49.8 Å². The van der Waals surface area contributed by atoms with Crippen molar-refractivity contribution in [1.29, 1.82) is 0 Å². The van der Waals surface area contributed by atoms with E-state index in [1.165, 1.54) is 31.4 Å². The van der Waals surface area contributed by atoms with Gasteiger partial charge in [-0.05, 0) is 30.5 Å². The van der Waals surface area contributed by atoms with E-state index in [4.69, 9.17) is 4.74 Å². The second kappa shape index (κ2) is 9.15. The predicted molar refractivity (Wildman–Crippen MR) is 94.9 cm³/mol. The molecule has 2 aliphatic rings. The standard InChI is InChI=1S/C19H28FN3O2/c20-16-8-6-15(7-9-16)18(23-10-12-25-13-11-23)14-21-19(24)22-17-4-2-1-3-5-17/h6-9,17-18H,1-5,10-14H2,(H2,21,22,24)/t18-/m1/s1. The molecule has 1 atom stereocenters. The highest BCUT2D eigenvalue weighted by atomic mass is 19.1. The molecule has 5 nitrogen and oxygen atoms in total. The number of urea groups is 1. The van der Waals surface area contributed by atoms with Crippen LogP contribution in [0.25, 0.3) is 0 Å². The summed E-state index contributed by atoms with van der Waals surface area (Å²) in [6.07, 6.45) is 5.79. The Morgan fingerprint density at radius 1 is 1.16 bits per heavy atom. The van der Waals surface area contributed by atoms with Crippen LogP contribution in [0.15, 0.2) is 24.3 Å². The maximum absolute atomic E-state index is 13.3. The summed E-state index contributed by atoms with van der Waals surface area (Å²) in [5.41, 5.74) is 1.02. The normalized spacial score (nSPS) is 20.8. The van der Waals surface area contributed by atoms with Crippen molar-refractivity contribution in [3.63, 3.8) is 0 Å². The Balaban J connectivity index is 1.58. The summed E-state index contributed by atoms with van der Waals surface area (Å²) >= 11 is 0. The van der Waals surface area contributed by atoms with E-state index in [-0.39, 0.29) is 17.9 Å². The molecule has 1 aliphatic heterocycles. The highest BCUT2D eigenvalue weighted by Crippen LogP contribution is 2.22. The lowest BCUT2D eigenvalue weighted by Crippen LogP contribution is -2.47. The third-order valence-electron chi connectivity index (χ3n) is 5.14. The summed E-state index contributed by atoms with van der Waals surface area (Å²) in [4.78, 5) is 14.5. The quantitative estimate of drug-likeness (QED) is 0.859. The number of nitrogens with zero attached hydrogens (tertiary/aromatic N) is 1. The second-order valence-electron chi connectivity index (χ2n) is 6.90. The van der Waals surface area contributed by atoms with E-state index in [9.17, 15) is 9.18 Å². The van der Waals surface area contributed by atoms with E-state index in [1.54, 1.807) is 12.1 Å². The lowest BCUT2D eigenvalue weighted by Gasteiger charge is -2.35. The first-order chi connectivity index (χ1) is 12.2. The van der Waals surface area contributed by atoms with Gasteiger partial charge in [0, 0.05) is 25.7 Å². The number of nitrogens with one attached hydrogen (secondary N) is 2. The average molecular weight is 349 g/mol. The fourth-order valence-electron chi connectivity index (χ4n) is 3.70. The van der Waals surface area contributed by atoms with Crippen LogP contribution in [0.2, 0.25) is 0 Å². The van der Waals surface area contributed by atoms with Crippen molar-refractivity contribution in [2.45, 2.75) is 44.2 Å². The van der Waals surface area contributed by atoms with Crippen LogP contribution >= 0.6 is 0 Å². The molecule has 1 aliphatic carbocycles.